The van der Waals surface area contributed by atoms with E-state index in [0.29, 0.717) is 30.4 Å². The van der Waals surface area contributed by atoms with Crippen LogP contribution in [-0.4, -0.2) is 29.3 Å². The maximum absolute atomic E-state index is 12.9. The molecular weight excluding hydrogens is 419 g/mol. The third-order valence-corrected chi connectivity index (χ3v) is 10.7. The van der Waals surface area contributed by atoms with Crippen LogP contribution in [0.2, 0.25) is 0 Å². The Labute approximate surface area is 174 Å². The molecule has 1 fully saturated rings. The average molecular weight is 449 g/mol. The maximum Gasteiger partial charge on any atom is 0.170 e. The molecular formula is C23H30BrO2P. The molecule has 1 aliphatic rings. The number of hydrogen-bond acceptors (Lipinski definition) is 2. The zero-order valence-corrected chi connectivity index (χ0v) is 18.4. The highest BCUT2D eigenvalue weighted by Gasteiger charge is 2.51. The number of rotatable bonds is 8. The van der Waals surface area contributed by atoms with E-state index in [1.165, 1.54) is 42.7 Å². The van der Waals surface area contributed by atoms with Gasteiger partial charge in [-0.2, -0.15) is 0 Å². The van der Waals surface area contributed by atoms with Crippen molar-refractivity contribution in [1.29, 1.82) is 0 Å². The molecule has 2 aromatic carbocycles. The molecule has 146 valence electrons. The highest BCUT2D eigenvalue weighted by Crippen LogP contribution is 2.64. The Morgan fingerprint density at radius 1 is 0.889 bits per heavy atom. The summed E-state index contributed by atoms with van der Waals surface area (Å²) in [4.78, 5) is 12.9. The van der Waals surface area contributed by atoms with Gasteiger partial charge in [-0.1, -0.05) is 42.8 Å². The summed E-state index contributed by atoms with van der Waals surface area (Å²) in [6.45, 7) is 0.0945. The molecule has 1 aliphatic carbocycles. The largest absolute Gasteiger partial charge is 1.00 e. The van der Waals surface area contributed by atoms with E-state index in [0.717, 1.165) is 0 Å². The van der Waals surface area contributed by atoms with Crippen molar-refractivity contribution in [2.75, 3.05) is 12.8 Å². The van der Waals surface area contributed by atoms with Crippen molar-refractivity contribution in [3.8, 4) is 0 Å². The number of carbonyl (C=O) groups excluding carboxylic acids is 1. The van der Waals surface area contributed by atoms with Crippen LogP contribution in [0.3, 0.4) is 0 Å². The number of benzene rings is 2. The van der Waals surface area contributed by atoms with E-state index in [2.05, 4.69) is 60.7 Å². The van der Waals surface area contributed by atoms with E-state index in [9.17, 15) is 4.79 Å². The van der Waals surface area contributed by atoms with E-state index < -0.39 is 7.26 Å². The molecule has 0 spiro atoms. The highest BCUT2D eigenvalue weighted by molar-refractivity contribution is 7.90. The van der Waals surface area contributed by atoms with Gasteiger partial charge in [0.05, 0.1) is 23.5 Å². The Kier molecular flexibility index (Phi) is 9.15. The molecule has 1 N–H and O–H groups in total. The van der Waals surface area contributed by atoms with Gasteiger partial charge in [0, 0.05) is 13.0 Å². The molecule has 0 bridgehead atoms. The maximum atomic E-state index is 12.9. The molecule has 0 saturated heterocycles. The molecule has 0 aliphatic heterocycles. The van der Waals surface area contributed by atoms with Gasteiger partial charge in [0.25, 0.3) is 0 Å². The first-order chi connectivity index (χ1) is 12.8. The molecule has 0 amide bonds. The Bertz CT molecular complexity index is 645. The molecule has 2 nitrogen and oxygen atoms in total. The van der Waals surface area contributed by atoms with Crippen LogP contribution in [0, 0.1) is 0 Å². The Morgan fingerprint density at radius 2 is 1.41 bits per heavy atom. The van der Waals surface area contributed by atoms with Gasteiger partial charge in [0.15, 0.2) is 5.78 Å². The zero-order chi connectivity index (χ0) is 18.2. The minimum Gasteiger partial charge on any atom is -1.00 e. The van der Waals surface area contributed by atoms with E-state index in [-0.39, 0.29) is 23.6 Å². The zero-order valence-electron chi connectivity index (χ0n) is 15.9. The lowest BCUT2D eigenvalue weighted by Crippen LogP contribution is -3.00. The number of halogens is 1. The van der Waals surface area contributed by atoms with Crippen molar-refractivity contribution >= 4 is 23.7 Å². The monoisotopic (exact) mass is 448 g/mol. The summed E-state index contributed by atoms with van der Waals surface area (Å²) in [7, 11) is -1.80. The van der Waals surface area contributed by atoms with Gasteiger partial charge in [-0.3, -0.25) is 4.79 Å². The molecule has 0 heterocycles. The second kappa shape index (κ2) is 11.1. The first kappa shape index (κ1) is 22.3. The van der Waals surface area contributed by atoms with Gasteiger partial charge < -0.3 is 22.1 Å². The first-order valence-corrected chi connectivity index (χ1v) is 11.9. The topological polar surface area (TPSA) is 37.3 Å². The quantitative estimate of drug-likeness (QED) is 0.618. The van der Waals surface area contributed by atoms with Gasteiger partial charge in [0.2, 0.25) is 0 Å². The van der Waals surface area contributed by atoms with Crippen molar-refractivity contribution < 1.29 is 26.9 Å². The summed E-state index contributed by atoms with van der Waals surface area (Å²) in [5, 5.41) is 11.9. The standard InChI is InChI=1S/C23H30O2P.BrH/c24-18-10-11-20(25)19-26(21-12-4-1-5-13-21,22-14-6-2-7-15-22)23-16-8-3-9-17-23;/h1-2,4-7,12-15,23-24H,3,8-11,16-19H2;1H/q+1;/p-1. The van der Waals surface area contributed by atoms with Crippen LogP contribution in [0.15, 0.2) is 60.7 Å². The van der Waals surface area contributed by atoms with Gasteiger partial charge in [-0.25, -0.2) is 0 Å². The Hall–Kier alpha value is -1.02. The number of carbonyl (C=O) groups is 1. The third-order valence-electron chi connectivity index (χ3n) is 5.67. The van der Waals surface area contributed by atoms with Crippen LogP contribution >= 0.6 is 7.26 Å². The number of ketones is 1. The van der Waals surface area contributed by atoms with Crippen LogP contribution in [0.4, 0.5) is 0 Å². The lowest BCUT2D eigenvalue weighted by Gasteiger charge is -2.36. The predicted octanol–water partition coefficient (Wildman–Crippen LogP) is 1.33. The number of hydrogen-bond donors (Lipinski definition) is 1. The molecule has 0 aromatic heterocycles. The van der Waals surface area contributed by atoms with E-state index in [1.54, 1.807) is 0 Å². The second-order valence-corrected chi connectivity index (χ2v) is 11.2. The first-order valence-electron chi connectivity index (χ1n) is 9.89. The van der Waals surface area contributed by atoms with E-state index >= 15 is 0 Å². The van der Waals surface area contributed by atoms with Crippen LogP contribution in [0.25, 0.3) is 0 Å². The molecule has 27 heavy (non-hydrogen) atoms. The van der Waals surface area contributed by atoms with Gasteiger partial charge in [-0.15, -0.1) is 0 Å². The van der Waals surface area contributed by atoms with Crippen molar-refractivity contribution in [1.82, 2.24) is 0 Å². The fourth-order valence-electron chi connectivity index (χ4n) is 4.43. The summed E-state index contributed by atoms with van der Waals surface area (Å²) in [5.41, 5.74) is 0.596. The van der Waals surface area contributed by atoms with Crippen molar-refractivity contribution in [2.24, 2.45) is 0 Å². The fourth-order valence-corrected chi connectivity index (χ4v) is 9.56. The lowest BCUT2D eigenvalue weighted by atomic mass is 10.0. The molecule has 2 aromatic rings. The van der Waals surface area contributed by atoms with E-state index in [1.807, 2.05) is 0 Å². The van der Waals surface area contributed by atoms with Crippen molar-refractivity contribution in [2.45, 2.75) is 50.6 Å². The second-order valence-electron chi connectivity index (χ2n) is 7.36. The summed E-state index contributed by atoms with van der Waals surface area (Å²) < 4.78 is 0. The molecule has 0 unspecified atom stereocenters. The molecule has 4 heteroatoms. The SMILES string of the molecule is O=C(CCCO)C[P+](c1ccccc1)(c1ccccc1)C1CCCCC1.[Br-]. The smallest absolute Gasteiger partial charge is 0.170 e. The average Bonchev–Trinajstić information content (AvgIpc) is 2.72. The minimum atomic E-state index is -1.80. The fraction of sp³-hybridized carbons (Fsp3) is 0.435. The van der Waals surface area contributed by atoms with E-state index in [4.69, 9.17) is 5.11 Å². The summed E-state index contributed by atoms with van der Waals surface area (Å²) in [6.07, 6.45) is 8.03. The number of Topliss-reactive ketones (excluding diaryl/α,β-unsaturated/α-hetero) is 1. The molecule has 0 atom stereocenters. The number of aliphatic hydroxyl groups is 1. The third kappa shape index (κ3) is 5.28. The normalized spacial score (nSPS) is 15.1. The van der Waals surface area contributed by atoms with Gasteiger partial charge in [-0.05, 0) is 56.4 Å². The Morgan fingerprint density at radius 3 is 1.89 bits per heavy atom. The summed E-state index contributed by atoms with van der Waals surface area (Å²) >= 11 is 0. The molecule has 3 rings (SSSR count). The molecule has 0 radical (unpaired) electrons. The summed E-state index contributed by atoms with van der Waals surface area (Å²) in [5.74, 6) is 0.311. The molecule has 1 saturated carbocycles. The summed E-state index contributed by atoms with van der Waals surface area (Å²) in [6, 6.07) is 21.6. The minimum absolute atomic E-state index is 0. The predicted molar refractivity (Wildman–Crippen MR) is 112 cm³/mol. The van der Waals surface area contributed by atoms with Crippen LogP contribution in [-0.2, 0) is 4.79 Å². The highest BCUT2D eigenvalue weighted by atomic mass is 79.9. The number of aliphatic hydroxyl groups excluding tert-OH is 1. The Balaban J connectivity index is 0.00000261. The van der Waals surface area contributed by atoms with Gasteiger partial charge in [0.1, 0.15) is 6.16 Å². The van der Waals surface area contributed by atoms with Crippen molar-refractivity contribution in [3.63, 3.8) is 0 Å². The van der Waals surface area contributed by atoms with Crippen LogP contribution in [0.5, 0.6) is 0 Å². The van der Waals surface area contributed by atoms with Crippen LogP contribution < -0.4 is 27.6 Å². The lowest BCUT2D eigenvalue weighted by molar-refractivity contribution is -0.116. The van der Waals surface area contributed by atoms with Gasteiger partial charge >= 0.3 is 0 Å². The van der Waals surface area contributed by atoms with Crippen LogP contribution in [0.1, 0.15) is 44.9 Å². The van der Waals surface area contributed by atoms with Crippen molar-refractivity contribution in [3.05, 3.63) is 60.7 Å².